The summed E-state index contributed by atoms with van der Waals surface area (Å²) in [6.07, 6.45) is 0.572. The summed E-state index contributed by atoms with van der Waals surface area (Å²) in [7, 11) is 0. The molecule has 1 N–H and O–H groups in total. The quantitative estimate of drug-likeness (QED) is 0.793. The first-order valence-electron chi connectivity index (χ1n) is 5.58. The highest BCUT2D eigenvalue weighted by atomic mass is 16.3. The van der Waals surface area contributed by atoms with Crippen LogP contribution in [0.2, 0.25) is 0 Å². The molecule has 0 unspecified atom stereocenters. The molecule has 0 aliphatic rings. The fourth-order valence-electron chi connectivity index (χ4n) is 1.57. The number of benzene rings is 1. The lowest BCUT2D eigenvalue weighted by Crippen LogP contribution is -2.23. The van der Waals surface area contributed by atoms with Crippen molar-refractivity contribution in [2.45, 2.75) is 26.5 Å². The van der Waals surface area contributed by atoms with Crippen molar-refractivity contribution in [3.8, 4) is 6.07 Å². The SMILES string of the molecule is CCN(CCC#N)Cc1ccc(CO)cc1. The summed E-state index contributed by atoms with van der Waals surface area (Å²) in [5.41, 5.74) is 2.15. The second-order valence-electron chi connectivity index (χ2n) is 3.75. The van der Waals surface area contributed by atoms with Crippen LogP contribution in [0.25, 0.3) is 0 Å². The molecule has 0 atom stereocenters. The summed E-state index contributed by atoms with van der Waals surface area (Å²) in [4.78, 5) is 2.23. The van der Waals surface area contributed by atoms with Crippen molar-refractivity contribution in [2.75, 3.05) is 13.1 Å². The molecule has 1 aromatic rings. The third-order valence-electron chi connectivity index (χ3n) is 2.60. The Morgan fingerprint density at radius 1 is 1.25 bits per heavy atom. The number of hydrogen-bond acceptors (Lipinski definition) is 3. The van der Waals surface area contributed by atoms with Crippen LogP contribution in [-0.4, -0.2) is 23.1 Å². The lowest BCUT2D eigenvalue weighted by Gasteiger charge is -2.18. The van der Waals surface area contributed by atoms with Crippen molar-refractivity contribution in [3.05, 3.63) is 35.4 Å². The van der Waals surface area contributed by atoms with E-state index in [1.54, 1.807) is 0 Å². The van der Waals surface area contributed by atoms with Crippen LogP contribution in [0.4, 0.5) is 0 Å². The van der Waals surface area contributed by atoms with Gasteiger partial charge in [-0.3, -0.25) is 4.90 Å². The maximum Gasteiger partial charge on any atom is 0.0681 e. The first-order chi connectivity index (χ1) is 7.80. The van der Waals surface area contributed by atoms with Crippen molar-refractivity contribution in [2.24, 2.45) is 0 Å². The molecule has 3 heteroatoms. The number of nitriles is 1. The minimum atomic E-state index is 0.0895. The zero-order valence-electron chi connectivity index (χ0n) is 9.69. The van der Waals surface area contributed by atoms with Crippen LogP contribution >= 0.6 is 0 Å². The van der Waals surface area contributed by atoms with Gasteiger partial charge in [0.15, 0.2) is 0 Å². The second-order valence-corrected chi connectivity index (χ2v) is 3.75. The predicted molar refractivity (Wildman–Crippen MR) is 63.5 cm³/mol. The molecule has 0 saturated heterocycles. The summed E-state index contributed by atoms with van der Waals surface area (Å²) >= 11 is 0. The molecule has 3 nitrogen and oxygen atoms in total. The van der Waals surface area contributed by atoms with Crippen LogP contribution in [0.1, 0.15) is 24.5 Å². The Kier molecular flexibility index (Phi) is 5.55. The highest BCUT2D eigenvalue weighted by molar-refractivity contribution is 5.21. The van der Waals surface area contributed by atoms with E-state index < -0.39 is 0 Å². The number of hydrogen-bond donors (Lipinski definition) is 1. The molecule has 0 aromatic heterocycles. The van der Waals surface area contributed by atoms with E-state index in [0.717, 1.165) is 25.2 Å². The van der Waals surface area contributed by atoms with Gasteiger partial charge < -0.3 is 5.11 Å². The number of rotatable bonds is 6. The van der Waals surface area contributed by atoms with Gasteiger partial charge in [0.25, 0.3) is 0 Å². The first-order valence-corrected chi connectivity index (χ1v) is 5.58. The molecule has 0 heterocycles. The van der Waals surface area contributed by atoms with Crippen LogP contribution < -0.4 is 0 Å². The van der Waals surface area contributed by atoms with Crippen molar-refractivity contribution in [3.63, 3.8) is 0 Å². The molecule has 0 radical (unpaired) electrons. The van der Waals surface area contributed by atoms with Crippen molar-refractivity contribution in [1.29, 1.82) is 5.26 Å². The molecule has 0 aliphatic carbocycles. The Hall–Kier alpha value is -1.37. The van der Waals surface area contributed by atoms with E-state index in [-0.39, 0.29) is 6.61 Å². The number of aliphatic hydroxyl groups is 1. The summed E-state index contributed by atoms with van der Waals surface area (Å²) in [6, 6.07) is 10.1. The molecule has 86 valence electrons. The predicted octanol–water partition coefficient (Wildman–Crippen LogP) is 1.91. The first kappa shape index (κ1) is 12.7. The van der Waals surface area contributed by atoms with Gasteiger partial charge in [0.1, 0.15) is 0 Å². The second kappa shape index (κ2) is 7.00. The van der Waals surface area contributed by atoms with Crippen LogP contribution in [0, 0.1) is 11.3 Å². The lowest BCUT2D eigenvalue weighted by molar-refractivity contribution is 0.280. The molecule has 1 aromatic carbocycles. The van der Waals surface area contributed by atoms with Crippen molar-refractivity contribution < 1.29 is 5.11 Å². The minimum Gasteiger partial charge on any atom is -0.392 e. The van der Waals surface area contributed by atoms with E-state index in [9.17, 15) is 0 Å². The minimum absolute atomic E-state index is 0.0895. The average Bonchev–Trinajstić information content (AvgIpc) is 2.35. The standard InChI is InChI=1S/C13H18N2O/c1-2-15(9-3-8-14)10-12-4-6-13(11-16)7-5-12/h4-7,16H,2-3,9-11H2,1H3. The maximum absolute atomic E-state index is 8.93. The van der Waals surface area contributed by atoms with Crippen LogP contribution in [-0.2, 0) is 13.2 Å². The van der Waals surface area contributed by atoms with E-state index in [2.05, 4.69) is 17.9 Å². The third kappa shape index (κ3) is 4.01. The highest BCUT2D eigenvalue weighted by Crippen LogP contribution is 2.07. The smallest absolute Gasteiger partial charge is 0.0681 e. The zero-order valence-corrected chi connectivity index (χ0v) is 9.69. The molecule has 0 saturated carbocycles. The maximum atomic E-state index is 8.93. The largest absolute Gasteiger partial charge is 0.392 e. The Labute approximate surface area is 96.9 Å². The number of aliphatic hydroxyl groups excluding tert-OH is 1. The number of nitrogens with zero attached hydrogens (tertiary/aromatic N) is 2. The molecule has 16 heavy (non-hydrogen) atoms. The van der Waals surface area contributed by atoms with E-state index in [1.165, 1.54) is 5.56 Å². The topological polar surface area (TPSA) is 47.3 Å². The van der Waals surface area contributed by atoms with Gasteiger partial charge in [0.2, 0.25) is 0 Å². The van der Waals surface area contributed by atoms with Gasteiger partial charge in [0.05, 0.1) is 12.7 Å². The van der Waals surface area contributed by atoms with E-state index in [0.29, 0.717) is 6.42 Å². The van der Waals surface area contributed by atoms with E-state index >= 15 is 0 Å². The summed E-state index contributed by atoms with van der Waals surface area (Å²) in [6.45, 7) is 4.81. The van der Waals surface area contributed by atoms with E-state index in [4.69, 9.17) is 10.4 Å². The molecule has 1 rings (SSSR count). The fourth-order valence-corrected chi connectivity index (χ4v) is 1.57. The van der Waals surface area contributed by atoms with Gasteiger partial charge in [-0.2, -0.15) is 5.26 Å². The van der Waals surface area contributed by atoms with Crippen molar-refractivity contribution in [1.82, 2.24) is 4.90 Å². The fraction of sp³-hybridized carbons (Fsp3) is 0.462. The van der Waals surface area contributed by atoms with Crippen LogP contribution in [0.15, 0.2) is 24.3 Å². The van der Waals surface area contributed by atoms with Crippen LogP contribution in [0.5, 0.6) is 0 Å². The van der Waals surface area contributed by atoms with Gasteiger partial charge in [-0.05, 0) is 17.7 Å². The van der Waals surface area contributed by atoms with Gasteiger partial charge in [0, 0.05) is 19.5 Å². The lowest BCUT2D eigenvalue weighted by atomic mass is 10.1. The van der Waals surface area contributed by atoms with E-state index in [1.807, 2.05) is 24.3 Å². The normalized spacial score (nSPS) is 10.4. The molecule has 0 aliphatic heterocycles. The van der Waals surface area contributed by atoms with Crippen molar-refractivity contribution >= 4 is 0 Å². The Morgan fingerprint density at radius 2 is 1.88 bits per heavy atom. The van der Waals surface area contributed by atoms with Gasteiger partial charge in [-0.1, -0.05) is 31.2 Å². The molecule has 0 spiro atoms. The molecule has 0 fully saturated rings. The Bertz CT molecular complexity index is 340. The molecule has 0 amide bonds. The highest BCUT2D eigenvalue weighted by Gasteiger charge is 2.03. The van der Waals surface area contributed by atoms with Gasteiger partial charge >= 0.3 is 0 Å². The zero-order chi connectivity index (χ0) is 11.8. The van der Waals surface area contributed by atoms with Gasteiger partial charge in [-0.25, -0.2) is 0 Å². The summed E-state index contributed by atoms with van der Waals surface area (Å²) in [5.74, 6) is 0. The van der Waals surface area contributed by atoms with Crippen LogP contribution in [0.3, 0.4) is 0 Å². The molecular weight excluding hydrogens is 200 g/mol. The Balaban J connectivity index is 2.53. The molecule has 0 bridgehead atoms. The summed E-state index contributed by atoms with van der Waals surface area (Å²) in [5, 5.41) is 17.5. The average molecular weight is 218 g/mol. The third-order valence-corrected chi connectivity index (χ3v) is 2.60. The molecular formula is C13H18N2O. The Morgan fingerprint density at radius 3 is 2.38 bits per heavy atom. The summed E-state index contributed by atoms with van der Waals surface area (Å²) < 4.78 is 0. The van der Waals surface area contributed by atoms with Gasteiger partial charge in [-0.15, -0.1) is 0 Å². The monoisotopic (exact) mass is 218 g/mol.